The second-order valence-electron chi connectivity index (χ2n) is 6.55. The number of benzene rings is 2. The molecule has 0 bridgehead atoms. The standard InChI is InChI=1S/C21H20N2O4S2/c1-14(15-8-10-18(11-9-15)29(2,26)27)22-20(24)16-5-3-6-17(13-16)23-21(25)19-7-4-12-28-19/h3-14H,1-2H3,(H,22,24)(H,23,25). The second kappa shape index (κ2) is 8.59. The Morgan fingerprint density at radius 1 is 0.966 bits per heavy atom. The Balaban J connectivity index is 1.68. The van der Waals surface area contributed by atoms with Gasteiger partial charge in [-0.3, -0.25) is 9.59 Å². The van der Waals surface area contributed by atoms with E-state index in [9.17, 15) is 18.0 Å². The van der Waals surface area contributed by atoms with Crippen LogP contribution in [0.4, 0.5) is 5.69 Å². The number of rotatable bonds is 6. The van der Waals surface area contributed by atoms with Crippen molar-refractivity contribution in [3.05, 3.63) is 82.0 Å². The van der Waals surface area contributed by atoms with Crippen molar-refractivity contribution in [3.8, 4) is 0 Å². The minimum Gasteiger partial charge on any atom is -0.346 e. The molecule has 3 rings (SSSR count). The van der Waals surface area contributed by atoms with Crippen LogP contribution in [0.2, 0.25) is 0 Å². The molecular formula is C21H20N2O4S2. The molecule has 3 aromatic rings. The summed E-state index contributed by atoms with van der Waals surface area (Å²) >= 11 is 1.34. The fraction of sp³-hybridized carbons (Fsp3) is 0.143. The summed E-state index contributed by atoms with van der Waals surface area (Å²) in [5, 5.41) is 7.48. The molecule has 0 fully saturated rings. The molecule has 2 N–H and O–H groups in total. The van der Waals surface area contributed by atoms with Gasteiger partial charge in [0.25, 0.3) is 11.8 Å². The fourth-order valence-corrected chi connectivity index (χ4v) is 3.96. The van der Waals surface area contributed by atoms with Crippen molar-refractivity contribution in [2.24, 2.45) is 0 Å². The summed E-state index contributed by atoms with van der Waals surface area (Å²) in [6, 6.07) is 16.3. The molecule has 0 aliphatic heterocycles. The van der Waals surface area contributed by atoms with Crippen molar-refractivity contribution in [3.63, 3.8) is 0 Å². The van der Waals surface area contributed by atoms with Gasteiger partial charge in [0.1, 0.15) is 0 Å². The van der Waals surface area contributed by atoms with E-state index in [1.807, 2.05) is 12.3 Å². The van der Waals surface area contributed by atoms with E-state index in [0.29, 0.717) is 16.1 Å². The molecular weight excluding hydrogens is 408 g/mol. The molecule has 1 aromatic heterocycles. The summed E-state index contributed by atoms with van der Waals surface area (Å²) in [5.41, 5.74) is 1.72. The molecule has 8 heteroatoms. The molecule has 0 saturated carbocycles. The van der Waals surface area contributed by atoms with Gasteiger partial charge in [-0.2, -0.15) is 0 Å². The number of sulfone groups is 1. The van der Waals surface area contributed by atoms with Gasteiger partial charge >= 0.3 is 0 Å². The highest BCUT2D eigenvalue weighted by atomic mass is 32.2. The van der Waals surface area contributed by atoms with E-state index in [1.165, 1.54) is 23.5 Å². The van der Waals surface area contributed by atoms with Crippen molar-refractivity contribution >= 4 is 38.7 Å². The Morgan fingerprint density at radius 2 is 1.69 bits per heavy atom. The van der Waals surface area contributed by atoms with E-state index >= 15 is 0 Å². The van der Waals surface area contributed by atoms with E-state index in [2.05, 4.69) is 10.6 Å². The second-order valence-corrected chi connectivity index (χ2v) is 9.51. The average molecular weight is 429 g/mol. The normalized spacial score (nSPS) is 12.2. The lowest BCUT2D eigenvalue weighted by molar-refractivity contribution is 0.0938. The van der Waals surface area contributed by atoms with Gasteiger partial charge in [0.05, 0.1) is 15.8 Å². The topological polar surface area (TPSA) is 92.3 Å². The molecule has 0 spiro atoms. The van der Waals surface area contributed by atoms with Gasteiger partial charge in [-0.15, -0.1) is 11.3 Å². The predicted octanol–water partition coefficient (Wildman–Crippen LogP) is 3.89. The maximum atomic E-state index is 12.6. The first-order valence-electron chi connectivity index (χ1n) is 8.80. The maximum absolute atomic E-state index is 12.6. The number of carbonyl (C=O) groups is 2. The van der Waals surface area contributed by atoms with Crippen LogP contribution < -0.4 is 10.6 Å². The van der Waals surface area contributed by atoms with Gasteiger partial charge in [0, 0.05) is 17.5 Å². The Morgan fingerprint density at radius 3 is 2.31 bits per heavy atom. The first kappa shape index (κ1) is 20.8. The molecule has 2 amide bonds. The van der Waals surface area contributed by atoms with Crippen LogP contribution in [0.15, 0.2) is 70.9 Å². The zero-order valence-electron chi connectivity index (χ0n) is 15.9. The summed E-state index contributed by atoms with van der Waals surface area (Å²) in [6.07, 6.45) is 1.15. The van der Waals surface area contributed by atoms with Crippen molar-refractivity contribution in [2.45, 2.75) is 17.9 Å². The molecule has 29 heavy (non-hydrogen) atoms. The lowest BCUT2D eigenvalue weighted by Gasteiger charge is -2.15. The largest absolute Gasteiger partial charge is 0.346 e. The quantitative estimate of drug-likeness (QED) is 0.623. The molecule has 0 aliphatic carbocycles. The van der Waals surface area contributed by atoms with Gasteiger partial charge < -0.3 is 10.6 Å². The number of hydrogen-bond acceptors (Lipinski definition) is 5. The molecule has 150 valence electrons. The minimum atomic E-state index is -3.26. The molecule has 0 radical (unpaired) electrons. The monoisotopic (exact) mass is 428 g/mol. The third kappa shape index (κ3) is 5.30. The average Bonchev–Trinajstić information content (AvgIpc) is 3.22. The van der Waals surface area contributed by atoms with Gasteiger partial charge in [-0.1, -0.05) is 24.3 Å². The van der Waals surface area contributed by atoms with Gasteiger partial charge in [-0.05, 0) is 54.3 Å². The van der Waals surface area contributed by atoms with E-state index < -0.39 is 9.84 Å². The Bertz CT molecular complexity index is 1120. The maximum Gasteiger partial charge on any atom is 0.265 e. The Kier molecular flexibility index (Phi) is 6.14. The first-order valence-corrected chi connectivity index (χ1v) is 11.6. The molecule has 6 nitrogen and oxygen atoms in total. The van der Waals surface area contributed by atoms with E-state index in [-0.39, 0.29) is 22.8 Å². The van der Waals surface area contributed by atoms with Gasteiger partial charge in [0.2, 0.25) is 0 Å². The number of nitrogens with one attached hydrogen (secondary N) is 2. The lowest BCUT2D eigenvalue weighted by atomic mass is 10.1. The molecule has 1 heterocycles. The van der Waals surface area contributed by atoms with E-state index in [4.69, 9.17) is 0 Å². The molecule has 0 saturated heterocycles. The number of carbonyl (C=O) groups excluding carboxylic acids is 2. The van der Waals surface area contributed by atoms with Crippen molar-refractivity contribution in [1.82, 2.24) is 5.32 Å². The van der Waals surface area contributed by atoms with Crippen LogP contribution in [-0.4, -0.2) is 26.5 Å². The molecule has 0 aliphatic rings. The number of hydrogen-bond donors (Lipinski definition) is 2. The Labute approximate surface area is 173 Å². The first-order chi connectivity index (χ1) is 13.7. The zero-order valence-corrected chi connectivity index (χ0v) is 17.5. The summed E-state index contributed by atoms with van der Waals surface area (Å²) in [6.45, 7) is 1.82. The smallest absolute Gasteiger partial charge is 0.265 e. The third-order valence-electron chi connectivity index (χ3n) is 4.28. The van der Waals surface area contributed by atoms with E-state index in [1.54, 1.807) is 48.5 Å². The summed E-state index contributed by atoms with van der Waals surface area (Å²) < 4.78 is 23.1. The van der Waals surface area contributed by atoms with Crippen LogP contribution in [0.1, 0.15) is 38.6 Å². The fourth-order valence-electron chi connectivity index (χ4n) is 2.71. The minimum absolute atomic E-state index is 0.225. The highest BCUT2D eigenvalue weighted by Gasteiger charge is 2.14. The van der Waals surface area contributed by atoms with Crippen molar-refractivity contribution in [2.75, 3.05) is 11.6 Å². The van der Waals surface area contributed by atoms with Gasteiger partial charge in [-0.25, -0.2) is 8.42 Å². The molecule has 2 aromatic carbocycles. The zero-order chi connectivity index (χ0) is 21.0. The van der Waals surface area contributed by atoms with Crippen LogP contribution >= 0.6 is 11.3 Å². The highest BCUT2D eigenvalue weighted by Crippen LogP contribution is 2.18. The van der Waals surface area contributed by atoms with Crippen molar-refractivity contribution in [1.29, 1.82) is 0 Å². The Hall–Kier alpha value is -2.97. The van der Waals surface area contributed by atoms with Crippen LogP contribution in [0.5, 0.6) is 0 Å². The molecule has 1 unspecified atom stereocenters. The van der Waals surface area contributed by atoms with Crippen LogP contribution in [0.25, 0.3) is 0 Å². The third-order valence-corrected chi connectivity index (χ3v) is 6.28. The molecule has 1 atom stereocenters. The van der Waals surface area contributed by atoms with E-state index in [0.717, 1.165) is 11.8 Å². The number of anilines is 1. The SMILES string of the molecule is CC(NC(=O)c1cccc(NC(=O)c2cccs2)c1)c1ccc(S(C)(=O)=O)cc1. The number of amides is 2. The van der Waals surface area contributed by atoms with Crippen LogP contribution in [-0.2, 0) is 9.84 Å². The summed E-state index contributed by atoms with van der Waals surface area (Å²) in [4.78, 5) is 25.6. The predicted molar refractivity (Wildman–Crippen MR) is 114 cm³/mol. The lowest BCUT2D eigenvalue weighted by Crippen LogP contribution is -2.26. The van der Waals surface area contributed by atoms with Crippen LogP contribution in [0.3, 0.4) is 0 Å². The number of thiophene rings is 1. The van der Waals surface area contributed by atoms with Crippen molar-refractivity contribution < 1.29 is 18.0 Å². The van der Waals surface area contributed by atoms with Crippen LogP contribution in [0, 0.1) is 0 Å². The summed E-state index contributed by atoms with van der Waals surface area (Å²) in [7, 11) is -3.26. The summed E-state index contributed by atoms with van der Waals surface area (Å²) in [5.74, 6) is -0.520. The highest BCUT2D eigenvalue weighted by molar-refractivity contribution is 7.90. The van der Waals surface area contributed by atoms with Gasteiger partial charge in [0.15, 0.2) is 9.84 Å².